The molecular weight excluding hydrogens is 148 g/mol. The van der Waals surface area contributed by atoms with Gasteiger partial charge in [0.1, 0.15) is 5.76 Å². The lowest BCUT2D eigenvalue weighted by Crippen LogP contribution is -1.81. The van der Waals surface area contributed by atoms with Gasteiger partial charge in [-0.3, -0.25) is 0 Å². The van der Waals surface area contributed by atoms with Gasteiger partial charge >= 0.3 is 0 Å². The van der Waals surface area contributed by atoms with E-state index in [4.69, 9.17) is 4.74 Å². The largest absolute Gasteiger partial charge is 0.497 e. The lowest BCUT2D eigenvalue weighted by atomic mass is 10.2. The van der Waals surface area contributed by atoms with Gasteiger partial charge in [0, 0.05) is 0 Å². The third-order valence-electron chi connectivity index (χ3n) is 1.28. The van der Waals surface area contributed by atoms with Crippen LogP contribution in [0.3, 0.4) is 0 Å². The summed E-state index contributed by atoms with van der Waals surface area (Å²) in [6.07, 6.45) is 4.66. The smallest absolute Gasteiger partial charge is 0.111 e. The van der Waals surface area contributed by atoms with Gasteiger partial charge in [-0.25, -0.2) is 0 Å². The lowest BCUT2D eigenvalue weighted by molar-refractivity contribution is 0.308. The molecule has 0 amide bonds. The van der Waals surface area contributed by atoms with Gasteiger partial charge < -0.3 is 4.74 Å². The average molecular weight is 166 g/mol. The van der Waals surface area contributed by atoms with Gasteiger partial charge in [-0.1, -0.05) is 26.2 Å². The van der Waals surface area contributed by atoms with Crippen molar-refractivity contribution in [2.75, 3.05) is 7.11 Å². The van der Waals surface area contributed by atoms with Crippen LogP contribution in [0.25, 0.3) is 0 Å². The highest BCUT2D eigenvalue weighted by molar-refractivity contribution is 5.23. The van der Waals surface area contributed by atoms with Gasteiger partial charge in [0.25, 0.3) is 0 Å². The van der Waals surface area contributed by atoms with E-state index in [0.717, 1.165) is 12.0 Å². The molecule has 0 radical (unpaired) electrons. The molecule has 0 saturated carbocycles. The Morgan fingerprint density at radius 2 is 1.92 bits per heavy atom. The van der Waals surface area contributed by atoms with Crippen LogP contribution < -0.4 is 0 Å². The van der Waals surface area contributed by atoms with Crippen molar-refractivity contribution in [2.24, 2.45) is 0 Å². The van der Waals surface area contributed by atoms with E-state index in [-0.39, 0.29) is 0 Å². The van der Waals surface area contributed by atoms with Gasteiger partial charge in [0.15, 0.2) is 0 Å². The molecule has 0 spiro atoms. The first-order chi connectivity index (χ1) is 5.74. The van der Waals surface area contributed by atoms with Crippen molar-refractivity contribution in [3.8, 4) is 0 Å². The van der Waals surface area contributed by atoms with E-state index >= 15 is 0 Å². The second kappa shape index (κ2) is 9.76. The molecule has 0 heterocycles. The molecule has 0 aliphatic carbocycles. The van der Waals surface area contributed by atoms with Crippen molar-refractivity contribution in [1.82, 2.24) is 0 Å². The number of hydrogen-bond donors (Lipinski definition) is 0. The summed E-state index contributed by atoms with van der Waals surface area (Å²) in [5.41, 5.74) is 1.15. The molecule has 0 saturated heterocycles. The lowest BCUT2D eigenvalue weighted by Gasteiger charge is -1.98. The van der Waals surface area contributed by atoms with Crippen LogP contribution in [0.2, 0.25) is 0 Å². The van der Waals surface area contributed by atoms with Gasteiger partial charge in [-0.15, -0.1) is 13.2 Å². The first-order valence-corrected chi connectivity index (χ1v) is 3.80. The van der Waals surface area contributed by atoms with Crippen LogP contribution in [-0.4, -0.2) is 7.11 Å². The van der Waals surface area contributed by atoms with Crippen molar-refractivity contribution in [3.05, 3.63) is 49.8 Å². The maximum absolute atomic E-state index is 4.87. The molecular formula is C11H18O. The van der Waals surface area contributed by atoms with Gasteiger partial charge in [-0.05, 0) is 18.1 Å². The van der Waals surface area contributed by atoms with Crippen LogP contribution in [-0.2, 0) is 4.74 Å². The normalized spacial score (nSPS) is 9.33. The van der Waals surface area contributed by atoms with E-state index in [0.29, 0.717) is 5.76 Å². The minimum atomic E-state index is 0.678. The fourth-order valence-corrected chi connectivity index (χ4v) is 0.571. The van der Waals surface area contributed by atoms with Crippen LogP contribution in [0.4, 0.5) is 0 Å². The van der Waals surface area contributed by atoms with Crippen LogP contribution >= 0.6 is 0 Å². The molecule has 0 fully saturated rings. The molecule has 0 bridgehead atoms. The predicted molar refractivity (Wildman–Crippen MR) is 56.0 cm³/mol. The molecule has 0 aromatic heterocycles. The summed E-state index contributed by atoms with van der Waals surface area (Å²) in [6, 6.07) is 0. The predicted octanol–water partition coefficient (Wildman–Crippen LogP) is 3.47. The molecule has 0 unspecified atom stereocenters. The Labute approximate surface area is 75.7 Å². The van der Waals surface area contributed by atoms with Gasteiger partial charge in [0.05, 0.1) is 7.11 Å². The summed E-state index contributed by atoms with van der Waals surface area (Å²) in [6.45, 7) is 15.4. The highest BCUT2D eigenvalue weighted by Gasteiger charge is 1.88. The van der Waals surface area contributed by atoms with Crippen molar-refractivity contribution in [3.63, 3.8) is 0 Å². The first kappa shape index (κ1) is 13.4. The van der Waals surface area contributed by atoms with Crippen LogP contribution in [0.15, 0.2) is 49.8 Å². The molecule has 12 heavy (non-hydrogen) atoms. The highest BCUT2D eigenvalue weighted by Crippen LogP contribution is 2.05. The third kappa shape index (κ3) is 6.87. The highest BCUT2D eigenvalue weighted by atomic mass is 16.5. The summed E-state index contributed by atoms with van der Waals surface area (Å²) in [5, 5.41) is 0. The fourth-order valence-electron chi connectivity index (χ4n) is 0.571. The number of ether oxygens (including phenoxy) is 1. The van der Waals surface area contributed by atoms with Crippen molar-refractivity contribution >= 4 is 0 Å². The molecule has 0 aliphatic rings. The zero-order chi connectivity index (χ0) is 9.98. The molecule has 0 atom stereocenters. The minimum absolute atomic E-state index is 0.678. The minimum Gasteiger partial charge on any atom is -0.497 e. The maximum Gasteiger partial charge on any atom is 0.111 e. The Balaban J connectivity index is 0. The molecule has 0 aromatic carbocycles. The average Bonchev–Trinajstić information content (AvgIpc) is 2.16. The molecule has 1 heteroatoms. The molecule has 0 N–H and O–H groups in total. The molecule has 0 aliphatic heterocycles. The van der Waals surface area contributed by atoms with Crippen LogP contribution in [0, 0.1) is 0 Å². The molecule has 0 rings (SSSR count). The van der Waals surface area contributed by atoms with E-state index in [2.05, 4.69) is 33.2 Å². The van der Waals surface area contributed by atoms with E-state index in [1.165, 1.54) is 0 Å². The van der Waals surface area contributed by atoms with E-state index < -0.39 is 0 Å². The van der Waals surface area contributed by atoms with Crippen molar-refractivity contribution < 1.29 is 4.74 Å². The Hall–Kier alpha value is -1.24. The van der Waals surface area contributed by atoms with Crippen molar-refractivity contribution in [1.29, 1.82) is 0 Å². The Morgan fingerprint density at radius 3 is 2.17 bits per heavy atom. The van der Waals surface area contributed by atoms with E-state index in [9.17, 15) is 0 Å². The van der Waals surface area contributed by atoms with Gasteiger partial charge in [-0.2, -0.15) is 0 Å². The van der Waals surface area contributed by atoms with Crippen molar-refractivity contribution in [2.45, 2.75) is 13.3 Å². The molecule has 1 nitrogen and oxygen atoms in total. The SMILES string of the molecule is C=C.C=C/C(=C\C(=C)OC)CC. The van der Waals surface area contributed by atoms with E-state index in [1.54, 1.807) is 7.11 Å². The van der Waals surface area contributed by atoms with Crippen LogP contribution in [0.5, 0.6) is 0 Å². The summed E-state index contributed by atoms with van der Waals surface area (Å²) in [5.74, 6) is 0.678. The number of allylic oxidation sites excluding steroid dienone is 3. The summed E-state index contributed by atoms with van der Waals surface area (Å²) in [7, 11) is 1.61. The summed E-state index contributed by atoms with van der Waals surface area (Å²) in [4.78, 5) is 0. The zero-order valence-corrected chi connectivity index (χ0v) is 8.10. The first-order valence-electron chi connectivity index (χ1n) is 3.80. The number of rotatable bonds is 4. The Kier molecular flexibility index (Phi) is 10.9. The molecule has 0 aromatic rings. The number of hydrogen-bond acceptors (Lipinski definition) is 1. The van der Waals surface area contributed by atoms with E-state index in [1.807, 2.05) is 12.2 Å². The van der Waals surface area contributed by atoms with Crippen LogP contribution in [0.1, 0.15) is 13.3 Å². The number of methoxy groups -OCH3 is 1. The zero-order valence-electron chi connectivity index (χ0n) is 8.10. The second-order valence-corrected chi connectivity index (χ2v) is 1.95. The Morgan fingerprint density at radius 1 is 1.42 bits per heavy atom. The second-order valence-electron chi connectivity index (χ2n) is 1.95. The summed E-state index contributed by atoms with van der Waals surface area (Å²) >= 11 is 0. The summed E-state index contributed by atoms with van der Waals surface area (Å²) < 4.78 is 4.87. The van der Waals surface area contributed by atoms with Gasteiger partial charge in [0.2, 0.25) is 0 Å². The quantitative estimate of drug-likeness (QED) is 0.353. The Bertz CT molecular complexity index is 166. The topological polar surface area (TPSA) is 9.23 Å². The third-order valence-corrected chi connectivity index (χ3v) is 1.28. The fraction of sp³-hybridized carbons (Fsp3) is 0.273. The monoisotopic (exact) mass is 166 g/mol. The standard InChI is InChI=1S/C9H14O.C2H4/c1-5-9(6-2)7-8(3)10-4;1-2/h5,7H,1,3,6H2,2,4H3;1-2H2/b9-7+;. The molecule has 68 valence electrons. The maximum atomic E-state index is 4.87.